The van der Waals surface area contributed by atoms with E-state index in [4.69, 9.17) is 14.6 Å². The highest BCUT2D eigenvalue weighted by Gasteiger charge is 2.25. The number of hydrogen-bond acceptors (Lipinski definition) is 3. The molecule has 0 radical (unpaired) electrons. The number of hydrogen-bond donors (Lipinski definition) is 0. The van der Waals surface area contributed by atoms with E-state index in [0.717, 1.165) is 122 Å². The van der Waals surface area contributed by atoms with Gasteiger partial charge in [0.25, 0.3) is 0 Å². The van der Waals surface area contributed by atoms with Crippen LogP contribution in [0.1, 0.15) is 0 Å². The molecule has 10 aromatic carbocycles. The van der Waals surface area contributed by atoms with Crippen molar-refractivity contribution in [1.29, 1.82) is 0 Å². The summed E-state index contributed by atoms with van der Waals surface area (Å²) in [6.45, 7) is 0. The van der Waals surface area contributed by atoms with Gasteiger partial charge in [0, 0.05) is 49.3 Å². The molecule has 0 fully saturated rings. The van der Waals surface area contributed by atoms with Crippen LogP contribution >= 0.6 is 0 Å². The van der Waals surface area contributed by atoms with E-state index in [1.165, 1.54) is 5.39 Å². The van der Waals surface area contributed by atoms with Crippen LogP contribution in [0.5, 0.6) is 0 Å². The van der Waals surface area contributed by atoms with Crippen LogP contribution in [0.4, 0.5) is 0 Å². The predicted molar refractivity (Wildman–Crippen MR) is 279 cm³/mol. The standard InChI is InChI=1S/C62H39N5O/c1-3-19-40(20-4-1)61-63-64-62(41-21-5-2-6-22-41)67(61)56-35-18-31-49-47-28-10-14-33-53(47)66(59(49)56)52-32-13-9-27-46(52)45-26-8-7-25-44(45)42-23-17-24-43(39-42)65-54-34-15-11-30-51(54)58-55(65)38-37-50-48-29-12-16-36-57(48)68-60(50)58/h1-39H. The maximum absolute atomic E-state index is 6.63. The molecule has 14 aromatic rings. The van der Waals surface area contributed by atoms with Gasteiger partial charge >= 0.3 is 0 Å². The zero-order valence-corrected chi connectivity index (χ0v) is 36.7. The van der Waals surface area contributed by atoms with E-state index in [1.54, 1.807) is 0 Å². The average molecular weight is 870 g/mol. The van der Waals surface area contributed by atoms with Gasteiger partial charge in [-0.1, -0.05) is 182 Å². The lowest BCUT2D eigenvalue weighted by molar-refractivity contribution is 0.673. The molecule has 0 saturated carbocycles. The summed E-state index contributed by atoms with van der Waals surface area (Å²) >= 11 is 0. The van der Waals surface area contributed by atoms with Gasteiger partial charge in [-0.2, -0.15) is 0 Å². The molecule has 6 heteroatoms. The molecule has 4 heterocycles. The summed E-state index contributed by atoms with van der Waals surface area (Å²) in [7, 11) is 0. The monoisotopic (exact) mass is 869 g/mol. The molecule has 0 aliphatic carbocycles. The van der Waals surface area contributed by atoms with E-state index in [2.05, 4.69) is 232 Å². The van der Waals surface area contributed by atoms with Crippen LogP contribution in [0.25, 0.3) is 128 Å². The number of nitrogens with zero attached hydrogens (tertiary/aromatic N) is 5. The van der Waals surface area contributed by atoms with E-state index >= 15 is 0 Å². The summed E-state index contributed by atoms with van der Waals surface area (Å²) in [5.74, 6) is 1.55. The molecule has 0 aliphatic heterocycles. The van der Waals surface area contributed by atoms with E-state index in [9.17, 15) is 0 Å². The minimum Gasteiger partial charge on any atom is -0.455 e. The van der Waals surface area contributed by atoms with Crippen LogP contribution in [0.3, 0.4) is 0 Å². The highest BCUT2D eigenvalue weighted by atomic mass is 16.3. The van der Waals surface area contributed by atoms with E-state index < -0.39 is 0 Å². The summed E-state index contributed by atoms with van der Waals surface area (Å²) in [6.07, 6.45) is 0. The van der Waals surface area contributed by atoms with Crippen LogP contribution in [-0.2, 0) is 0 Å². The molecule has 68 heavy (non-hydrogen) atoms. The third-order valence-electron chi connectivity index (χ3n) is 13.6. The Morgan fingerprint density at radius 1 is 0.324 bits per heavy atom. The summed E-state index contributed by atoms with van der Waals surface area (Å²) in [6, 6.07) is 84.1. The molecule has 0 amide bonds. The molecule has 4 aromatic heterocycles. The van der Waals surface area contributed by atoms with Gasteiger partial charge < -0.3 is 13.6 Å². The Bertz CT molecular complexity index is 4210. The number of furan rings is 1. The molecule has 14 rings (SSSR count). The molecule has 318 valence electrons. The van der Waals surface area contributed by atoms with Crippen molar-refractivity contribution in [3.05, 3.63) is 237 Å². The van der Waals surface area contributed by atoms with Gasteiger partial charge in [-0.15, -0.1) is 10.2 Å². The second kappa shape index (κ2) is 15.2. The highest BCUT2D eigenvalue weighted by molar-refractivity contribution is 6.24. The number of para-hydroxylation sites is 5. The third-order valence-corrected chi connectivity index (χ3v) is 13.6. The summed E-state index contributed by atoms with van der Waals surface area (Å²) in [5.41, 5.74) is 15.9. The van der Waals surface area contributed by atoms with Crippen molar-refractivity contribution < 1.29 is 4.42 Å². The molecule has 0 N–H and O–H groups in total. The van der Waals surface area contributed by atoms with Crippen molar-refractivity contribution in [3.8, 4) is 62.1 Å². The van der Waals surface area contributed by atoms with Gasteiger partial charge in [0.1, 0.15) is 11.2 Å². The van der Waals surface area contributed by atoms with Crippen molar-refractivity contribution in [2.24, 2.45) is 0 Å². The Morgan fingerprint density at radius 2 is 0.882 bits per heavy atom. The quantitative estimate of drug-likeness (QED) is 0.160. The molecule has 0 spiro atoms. The van der Waals surface area contributed by atoms with Crippen LogP contribution < -0.4 is 0 Å². The Labute approximate surface area is 390 Å². The lowest BCUT2D eigenvalue weighted by atomic mass is 9.93. The van der Waals surface area contributed by atoms with Crippen LogP contribution in [0.2, 0.25) is 0 Å². The SMILES string of the molecule is c1ccc(-c2nnc(-c3ccccc3)n2-c2cccc3c4ccccc4n(-c4ccccc4-c4ccccc4-c4cccc(-n5c6ccccc6c6c7oc8ccccc8c7ccc65)c4)c23)cc1. The van der Waals surface area contributed by atoms with E-state index in [-0.39, 0.29) is 0 Å². The Hall–Kier alpha value is -9.26. The van der Waals surface area contributed by atoms with Crippen LogP contribution in [0, 0.1) is 0 Å². The smallest absolute Gasteiger partial charge is 0.168 e. The first-order chi connectivity index (χ1) is 33.8. The van der Waals surface area contributed by atoms with Crippen molar-refractivity contribution >= 4 is 65.6 Å². The first-order valence-corrected chi connectivity index (χ1v) is 23.0. The molecule has 0 aliphatic rings. The molecule has 6 nitrogen and oxygen atoms in total. The van der Waals surface area contributed by atoms with Gasteiger partial charge in [0.2, 0.25) is 0 Å². The first kappa shape index (κ1) is 38.1. The highest BCUT2D eigenvalue weighted by Crippen LogP contribution is 2.44. The summed E-state index contributed by atoms with van der Waals surface area (Å²) < 4.78 is 13.7. The van der Waals surface area contributed by atoms with E-state index in [1.807, 2.05) is 18.2 Å². The Balaban J connectivity index is 0.982. The lowest BCUT2D eigenvalue weighted by Crippen LogP contribution is -2.05. The Kier molecular flexibility index (Phi) is 8.48. The van der Waals surface area contributed by atoms with Crippen molar-refractivity contribution in [3.63, 3.8) is 0 Å². The minimum absolute atomic E-state index is 0.775. The molecule has 0 unspecified atom stereocenters. The van der Waals surface area contributed by atoms with Crippen LogP contribution in [0.15, 0.2) is 241 Å². The minimum atomic E-state index is 0.775. The maximum atomic E-state index is 6.63. The predicted octanol–water partition coefficient (Wildman–Crippen LogP) is 16.0. The largest absolute Gasteiger partial charge is 0.455 e. The topological polar surface area (TPSA) is 53.7 Å². The van der Waals surface area contributed by atoms with Crippen molar-refractivity contribution in [2.75, 3.05) is 0 Å². The van der Waals surface area contributed by atoms with Crippen LogP contribution in [-0.4, -0.2) is 23.9 Å². The summed E-state index contributed by atoms with van der Waals surface area (Å²) in [5, 5.41) is 16.6. The molecule has 0 saturated heterocycles. The fourth-order valence-corrected chi connectivity index (χ4v) is 10.7. The number of benzene rings is 10. The molecule has 0 bridgehead atoms. The average Bonchev–Trinajstić information content (AvgIpc) is 4.19. The third kappa shape index (κ3) is 5.71. The van der Waals surface area contributed by atoms with Gasteiger partial charge in [0.05, 0.1) is 38.8 Å². The number of aromatic nitrogens is 5. The van der Waals surface area contributed by atoms with Gasteiger partial charge in [-0.25, -0.2) is 0 Å². The second-order valence-electron chi connectivity index (χ2n) is 17.3. The summed E-state index contributed by atoms with van der Waals surface area (Å²) in [4.78, 5) is 0. The molecular formula is C62H39N5O. The molecule has 0 atom stereocenters. The zero-order chi connectivity index (χ0) is 44.7. The van der Waals surface area contributed by atoms with Gasteiger partial charge in [-0.3, -0.25) is 4.57 Å². The normalized spacial score (nSPS) is 11.8. The second-order valence-corrected chi connectivity index (χ2v) is 17.3. The van der Waals surface area contributed by atoms with E-state index in [0.29, 0.717) is 0 Å². The molecular weight excluding hydrogens is 831 g/mol. The van der Waals surface area contributed by atoms with Crippen molar-refractivity contribution in [1.82, 2.24) is 23.9 Å². The van der Waals surface area contributed by atoms with Gasteiger partial charge in [0.15, 0.2) is 11.6 Å². The number of rotatable bonds is 7. The fraction of sp³-hybridized carbons (Fsp3) is 0. The van der Waals surface area contributed by atoms with Crippen molar-refractivity contribution in [2.45, 2.75) is 0 Å². The lowest BCUT2D eigenvalue weighted by Gasteiger charge is -2.19. The fourth-order valence-electron chi connectivity index (χ4n) is 10.7. The Morgan fingerprint density at radius 3 is 1.65 bits per heavy atom. The number of fused-ring (bicyclic) bond motifs is 10. The zero-order valence-electron chi connectivity index (χ0n) is 36.7. The first-order valence-electron chi connectivity index (χ1n) is 23.0. The maximum Gasteiger partial charge on any atom is 0.168 e. The van der Waals surface area contributed by atoms with Gasteiger partial charge in [-0.05, 0) is 71.3 Å².